The number of benzene rings is 1. The molecule has 1 aromatic carbocycles. The van der Waals surface area contributed by atoms with Crippen molar-refractivity contribution in [3.63, 3.8) is 0 Å². The number of aromatic nitrogens is 2. The number of nitrogens with one attached hydrogen (secondary N) is 1. The summed E-state index contributed by atoms with van der Waals surface area (Å²) in [6.07, 6.45) is -6.03. The summed E-state index contributed by atoms with van der Waals surface area (Å²) in [5.41, 5.74) is 6.97. The monoisotopic (exact) mass is 454 g/mol. The van der Waals surface area contributed by atoms with Gasteiger partial charge in [-0.3, -0.25) is 20.0 Å². The molecule has 2 aliphatic rings. The van der Waals surface area contributed by atoms with E-state index in [0.29, 0.717) is 0 Å². The highest BCUT2D eigenvalue weighted by atomic mass is 79.9. The molecule has 0 saturated carbocycles. The van der Waals surface area contributed by atoms with Crippen LogP contribution in [-0.2, 0) is 11.3 Å². The lowest BCUT2D eigenvalue weighted by Crippen LogP contribution is -2.54. The van der Waals surface area contributed by atoms with Crippen molar-refractivity contribution in [2.24, 2.45) is 5.73 Å². The molecule has 6 N–H and O–H groups in total. The molecule has 10 nitrogen and oxygen atoms in total. The fourth-order valence-corrected chi connectivity index (χ4v) is 3.93. The maximum atomic E-state index is 13.1. The SMILES string of the molecule is [2H]N1c2c(nc(Br)n2[C@@H]2O[C@H](CO)[C@@H](O)[C@H]2O)C(=O)N(Cc2ccccc2)C1N. The number of aliphatic hydroxyl groups excluding tert-OH is 3. The van der Waals surface area contributed by atoms with Gasteiger partial charge in [-0.1, -0.05) is 30.3 Å². The molecule has 0 spiro atoms. The van der Waals surface area contributed by atoms with Crippen LogP contribution in [0.2, 0.25) is 1.41 Å². The molecule has 2 aliphatic heterocycles. The molecule has 4 rings (SSSR count). The molecular formula is C17H20BrN5O5. The molecule has 1 fully saturated rings. The number of rotatable bonds is 4. The third-order valence-electron chi connectivity index (χ3n) is 4.85. The van der Waals surface area contributed by atoms with Crippen molar-refractivity contribution in [2.45, 2.75) is 37.4 Å². The Morgan fingerprint density at radius 2 is 2.04 bits per heavy atom. The lowest BCUT2D eigenvalue weighted by atomic mass is 10.1. The highest BCUT2D eigenvalue weighted by Crippen LogP contribution is 2.38. The number of nitrogens with two attached hydrogens (primary N) is 1. The number of nitrogens with zero attached hydrogens (tertiary/aromatic N) is 3. The van der Waals surface area contributed by atoms with Crippen LogP contribution in [0.15, 0.2) is 35.1 Å². The Labute approximate surface area is 170 Å². The van der Waals surface area contributed by atoms with Gasteiger partial charge in [0.15, 0.2) is 24.4 Å². The fourth-order valence-electron chi connectivity index (χ4n) is 3.38. The van der Waals surface area contributed by atoms with Gasteiger partial charge in [-0.15, -0.1) is 0 Å². The highest BCUT2D eigenvalue weighted by molar-refractivity contribution is 9.10. The van der Waals surface area contributed by atoms with Crippen LogP contribution in [0.1, 0.15) is 22.3 Å². The minimum absolute atomic E-state index is 0.0218. The normalized spacial score (nSPS) is 30.5. The first-order valence-electron chi connectivity index (χ1n) is 9.08. The number of carbonyl (C=O) groups is 1. The van der Waals surface area contributed by atoms with Crippen LogP contribution in [-0.4, -0.2) is 66.9 Å². The minimum atomic E-state index is -1.40. The second-order valence-corrected chi connectivity index (χ2v) is 7.32. The Hall–Kier alpha value is -2.02. The summed E-state index contributed by atoms with van der Waals surface area (Å²) < 4.78 is 15.4. The van der Waals surface area contributed by atoms with Gasteiger partial charge < -0.3 is 25.4 Å². The van der Waals surface area contributed by atoms with Gasteiger partial charge in [-0.2, -0.15) is 0 Å². The van der Waals surface area contributed by atoms with Crippen molar-refractivity contribution in [2.75, 3.05) is 11.9 Å². The molecule has 28 heavy (non-hydrogen) atoms. The number of hydrogen-bond acceptors (Lipinski definition) is 8. The molecule has 2 aromatic rings. The molecule has 11 heteroatoms. The second kappa shape index (κ2) is 7.43. The second-order valence-electron chi connectivity index (χ2n) is 6.61. The number of carbonyl (C=O) groups excluding carboxylic acids is 1. The molecule has 0 radical (unpaired) electrons. The topological polar surface area (TPSA) is 146 Å². The van der Waals surface area contributed by atoms with E-state index in [0.717, 1.165) is 10.9 Å². The van der Waals surface area contributed by atoms with Gasteiger partial charge in [0.1, 0.15) is 24.1 Å². The molecule has 5 atom stereocenters. The van der Waals surface area contributed by atoms with E-state index in [9.17, 15) is 20.1 Å². The molecule has 150 valence electrons. The summed E-state index contributed by atoms with van der Waals surface area (Å²) in [7, 11) is 0. The zero-order valence-electron chi connectivity index (χ0n) is 15.6. The van der Waals surface area contributed by atoms with E-state index in [-0.39, 0.29) is 22.8 Å². The first kappa shape index (κ1) is 18.0. The van der Waals surface area contributed by atoms with E-state index in [1.54, 1.807) is 0 Å². The van der Waals surface area contributed by atoms with Gasteiger partial charge in [0.05, 0.1) is 6.61 Å². The average Bonchev–Trinajstić information content (AvgIpc) is 3.21. The minimum Gasteiger partial charge on any atom is -0.394 e. The Kier molecular flexibility index (Phi) is 4.78. The predicted molar refractivity (Wildman–Crippen MR) is 101 cm³/mol. The summed E-state index contributed by atoms with van der Waals surface area (Å²) in [6, 6.07) is 9.23. The van der Waals surface area contributed by atoms with E-state index in [1.807, 2.05) is 30.3 Å². The largest absolute Gasteiger partial charge is 0.394 e. The summed E-state index contributed by atoms with van der Waals surface area (Å²) in [4.78, 5) is 18.6. The number of ether oxygens (including phenoxy) is 1. The average molecular weight is 455 g/mol. The molecule has 3 heterocycles. The van der Waals surface area contributed by atoms with E-state index in [1.165, 1.54) is 9.47 Å². The van der Waals surface area contributed by atoms with Crippen LogP contribution in [0.5, 0.6) is 0 Å². The number of fused-ring (bicyclic) bond motifs is 1. The molecule has 1 unspecified atom stereocenters. The van der Waals surface area contributed by atoms with Crippen LogP contribution in [0.4, 0.5) is 5.82 Å². The summed E-state index contributed by atoms with van der Waals surface area (Å²) in [5, 5.41) is 30.6. The number of hydrogen-bond donors (Lipinski definition) is 5. The van der Waals surface area contributed by atoms with E-state index in [4.69, 9.17) is 11.9 Å². The lowest BCUT2D eigenvalue weighted by Gasteiger charge is -2.34. The van der Waals surface area contributed by atoms with Crippen LogP contribution >= 0.6 is 15.9 Å². The number of aliphatic hydroxyl groups is 3. The Morgan fingerprint density at radius 1 is 1.32 bits per heavy atom. The van der Waals surface area contributed by atoms with Gasteiger partial charge in [0, 0.05) is 6.54 Å². The van der Waals surface area contributed by atoms with Crippen molar-refractivity contribution in [3.05, 3.63) is 46.3 Å². The van der Waals surface area contributed by atoms with Crippen LogP contribution in [0.25, 0.3) is 0 Å². The van der Waals surface area contributed by atoms with Crippen LogP contribution in [0.3, 0.4) is 0 Å². The van der Waals surface area contributed by atoms with E-state index >= 15 is 0 Å². The van der Waals surface area contributed by atoms with Gasteiger partial charge >= 0.3 is 0 Å². The van der Waals surface area contributed by atoms with Crippen molar-refractivity contribution in [1.29, 1.82) is 0 Å². The van der Waals surface area contributed by atoms with Crippen molar-refractivity contribution in [1.82, 2.24) is 14.5 Å². The van der Waals surface area contributed by atoms with Crippen LogP contribution < -0.4 is 11.0 Å². The maximum absolute atomic E-state index is 13.1. The zero-order valence-corrected chi connectivity index (χ0v) is 16.2. The summed E-state index contributed by atoms with van der Waals surface area (Å²) >= 11 is 3.23. The van der Waals surface area contributed by atoms with Crippen molar-refractivity contribution < 1.29 is 26.3 Å². The van der Waals surface area contributed by atoms with Gasteiger partial charge in [-0.05, 0) is 21.5 Å². The Morgan fingerprint density at radius 3 is 2.68 bits per heavy atom. The molecule has 1 aromatic heterocycles. The highest BCUT2D eigenvalue weighted by Gasteiger charge is 2.46. The first-order valence-corrected chi connectivity index (χ1v) is 9.43. The third kappa shape index (κ3) is 3.09. The summed E-state index contributed by atoms with van der Waals surface area (Å²) in [5.74, 6) is -0.459. The van der Waals surface area contributed by atoms with Crippen LogP contribution in [0, 0.1) is 0 Å². The van der Waals surface area contributed by atoms with Crippen molar-refractivity contribution in [3.8, 4) is 0 Å². The smallest absolute Gasteiger partial charge is 0.279 e. The van der Waals surface area contributed by atoms with Gasteiger partial charge in [0.25, 0.3) is 5.91 Å². The molecule has 0 bridgehead atoms. The maximum Gasteiger partial charge on any atom is 0.279 e. The van der Waals surface area contributed by atoms with Crippen molar-refractivity contribution >= 4 is 27.7 Å². The Bertz CT molecular complexity index is 915. The third-order valence-corrected chi connectivity index (χ3v) is 5.41. The van der Waals surface area contributed by atoms with Gasteiger partial charge in [0.2, 0.25) is 0 Å². The fraction of sp³-hybridized carbons (Fsp3) is 0.412. The Balaban J connectivity index is 1.71. The summed E-state index contributed by atoms with van der Waals surface area (Å²) in [6.45, 7) is -0.314. The first-order chi connectivity index (χ1) is 13.8. The standard InChI is InChI=1S/C17H20BrN5O5/c18-16-20-10-13(23(16)15-12(26)11(25)9(7-24)28-15)21-17(19)22(14(10)27)6-8-4-2-1-3-5-8/h1-5,9,11-12,15,17,21,24-26H,6-7,19H2/t9-,11-,12-,15-,17?/m1/s1/i/hD. The van der Waals surface area contributed by atoms with E-state index < -0.39 is 43.3 Å². The lowest BCUT2D eigenvalue weighted by molar-refractivity contribution is -0.0530. The molecule has 0 aliphatic carbocycles. The number of halogens is 1. The zero-order chi connectivity index (χ0) is 20.9. The molecular weight excluding hydrogens is 434 g/mol. The number of anilines is 1. The predicted octanol–water partition coefficient (Wildman–Crippen LogP) is -0.433. The van der Waals surface area contributed by atoms with E-state index in [2.05, 4.69) is 20.9 Å². The molecule has 1 amide bonds. The van der Waals surface area contributed by atoms with Gasteiger partial charge in [-0.25, -0.2) is 4.98 Å². The quantitative estimate of drug-likeness (QED) is 0.418. The number of imidazole rings is 1. The molecule has 1 saturated heterocycles. The number of amides is 1.